The van der Waals surface area contributed by atoms with E-state index in [9.17, 15) is 26.8 Å². The molecule has 0 saturated carbocycles. The van der Waals surface area contributed by atoms with Crippen LogP contribution in [-0.4, -0.2) is 62.0 Å². The highest BCUT2D eigenvalue weighted by molar-refractivity contribution is 7.91. The molecule has 1 aliphatic rings. The summed E-state index contributed by atoms with van der Waals surface area (Å²) in [6, 6.07) is 9.08. The van der Waals surface area contributed by atoms with Gasteiger partial charge in [0.15, 0.2) is 21.5 Å². The largest absolute Gasteiger partial charge is 0.335 e. The molecule has 0 unspecified atom stereocenters. The number of hydrogen-bond acceptors (Lipinski definition) is 4. The van der Waals surface area contributed by atoms with Crippen molar-refractivity contribution >= 4 is 21.7 Å². The second-order valence-corrected chi connectivity index (χ2v) is 9.11. The van der Waals surface area contributed by atoms with E-state index in [1.807, 2.05) is 0 Å². The van der Waals surface area contributed by atoms with Gasteiger partial charge in [-0.05, 0) is 36.8 Å². The zero-order valence-electron chi connectivity index (χ0n) is 16.5. The molecular weight excluding hydrogens is 414 g/mol. The Morgan fingerprint density at radius 3 is 2.10 bits per heavy atom. The molecule has 0 spiro atoms. The topological polar surface area (TPSA) is 74.8 Å². The predicted octanol–water partition coefficient (Wildman–Crippen LogP) is 2.75. The molecule has 1 aliphatic heterocycles. The van der Waals surface area contributed by atoms with Crippen LogP contribution < -0.4 is 0 Å². The van der Waals surface area contributed by atoms with E-state index in [1.165, 1.54) is 28.0 Å². The first kappa shape index (κ1) is 21.9. The van der Waals surface area contributed by atoms with Crippen molar-refractivity contribution in [3.05, 3.63) is 65.2 Å². The summed E-state index contributed by atoms with van der Waals surface area (Å²) in [5.41, 5.74) is 0.149. The van der Waals surface area contributed by atoms with Crippen LogP contribution in [0.3, 0.4) is 0 Å². The third-order valence-electron chi connectivity index (χ3n) is 4.95. The van der Waals surface area contributed by atoms with Gasteiger partial charge in [-0.25, -0.2) is 17.2 Å². The van der Waals surface area contributed by atoms with Crippen LogP contribution in [0.5, 0.6) is 0 Å². The Kier molecular flexibility index (Phi) is 6.50. The average Bonchev–Trinajstić information content (AvgIpc) is 2.75. The smallest absolute Gasteiger partial charge is 0.255 e. The van der Waals surface area contributed by atoms with Crippen LogP contribution in [-0.2, 0) is 9.84 Å². The van der Waals surface area contributed by atoms with E-state index in [0.29, 0.717) is 6.42 Å². The molecule has 2 aromatic rings. The summed E-state index contributed by atoms with van der Waals surface area (Å²) >= 11 is 0. The second-order valence-electron chi connectivity index (χ2n) is 7.03. The second kappa shape index (κ2) is 8.91. The minimum Gasteiger partial charge on any atom is -0.335 e. The van der Waals surface area contributed by atoms with Crippen molar-refractivity contribution in [2.24, 2.45) is 0 Å². The maximum Gasteiger partial charge on any atom is 0.255 e. The maximum atomic E-state index is 13.4. The fourth-order valence-corrected chi connectivity index (χ4v) is 4.92. The van der Waals surface area contributed by atoms with E-state index < -0.39 is 33.3 Å². The monoisotopic (exact) mass is 436 g/mol. The molecule has 30 heavy (non-hydrogen) atoms. The molecule has 6 nitrogen and oxygen atoms in total. The van der Waals surface area contributed by atoms with Gasteiger partial charge >= 0.3 is 0 Å². The highest BCUT2D eigenvalue weighted by Gasteiger charge is 2.29. The molecular formula is C21H22F2N2O4S. The molecule has 9 heteroatoms. The van der Waals surface area contributed by atoms with Gasteiger partial charge in [0.2, 0.25) is 0 Å². The van der Waals surface area contributed by atoms with Crippen LogP contribution in [0.4, 0.5) is 8.78 Å². The Balaban J connectivity index is 1.72. The van der Waals surface area contributed by atoms with E-state index in [0.717, 1.165) is 12.1 Å². The maximum absolute atomic E-state index is 13.4. The number of hydrogen-bond donors (Lipinski definition) is 0. The normalized spacial score (nSPS) is 14.6. The van der Waals surface area contributed by atoms with E-state index in [1.54, 1.807) is 19.1 Å². The fourth-order valence-electron chi connectivity index (χ4n) is 3.39. The van der Waals surface area contributed by atoms with Gasteiger partial charge in [0, 0.05) is 31.7 Å². The van der Waals surface area contributed by atoms with Crippen LogP contribution in [0, 0.1) is 11.6 Å². The van der Waals surface area contributed by atoms with Gasteiger partial charge in [-0.2, -0.15) is 0 Å². The van der Waals surface area contributed by atoms with Crippen molar-refractivity contribution < 1.29 is 26.8 Å². The number of rotatable bonds is 5. The third kappa shape index (κ3) is 4.51. The van der Waals surface area contributed by atoms with Gasteiger partial charge in [0.25, 0.3) is 11.8 Å². The van der Waals surface area contributed by atoms with E-state index >= 15 is 0 Å². The first-order chi connectivity index (χ1) is 14.2. The number of halogens is 2. The minimum absolute atomic E-state index is 0.0112. The lowest BCUT2D eigenvalue weighted by atomic mass is 10.1. The first-order valence-corrected chi connectivity index (χ1v) is 11.2. The predicted molar refractivity (Wildman–Crippen MR) is 107 cm³/mol. The van der Waals surface area contributed by atoms with Gasteiger partial charge in [0.1, 0.15) is 0 Å². The molecule has 1 heterocycles. The quantitative estimate of drug-likeness (QED) is 0.723. The fraction of sp³-hybridized carbons (Fsp3) is 0.333. The van der Waals surface area contributed by atoms with Gasteiger partial charge in [-0.3, -0.25) is 9.59 Å². The molecule has 0 atom stereocenters. The number of piperazine rings is 1. The molecule has 0 aliphatic carbocycles. The van der Waals surface area contributed by atoms with Crippen LogP contribution in [0.2, 0.25) is 0 Å². The number of benzene rings is 2. The number of carbonyl (C=O) groups is 2. The summed E-state index contributed by atoms with van der Waals surface area (Å²) < 4.78 is 51.5. The van der Waals surface area contributed by atoms with Gasteiger partial charge in [-0.15, -0.1) is 0 Å². The first-order valence-electron chi connectivity index (χ1n) is 9.60. The number of nitrogens with zero attached hydrogens (tertiary/aromatic N) is 2. The summed E-state index contributed by atoms with van der Waals surface area (Å²) in [5.74, 6) is -3.04. The SMILES string of the molecule is CCCS(=O)(=O)c1ccccc1C(=O)N1CCN(C(=O)c2ccc(F)c(F)c2)CC1. The zero-order valence-corrected chi connectivity index (χ0v) is 17.3. The Morgan fingerprint density at radius 1 is 0.900 bits per heavy atom. The van der Waals surface area contributed by atoms with Crippen molar-refractivity contribution in [3.8, 4) is 0 Å². The molecule has 2 aromatic carbocycles. The molecule has 1 fully saturated rings. The number of sulfone groups is 1. The van der Waals surface area contributed by atoms with Crippen LogP contribution >= 0.6 is 0 Å². The molecule has 1 saturated heterocycles. The van der Waals surface area contributed by atoms with E-state index in [2.05, 4.69) is 0 Å². The Hall–Kier alpha value is -2.81. The Bertz CT molecular complexity index is 1060. The van der Waals surface area contributed by atoms with Crippen molar-refractivity contribution in [2.75, 3.05) is 31.9 Å². The third-order valence-corrected chi connectivity index (χ3v) is 6.92. The Morgan fingerprint density at radius 2 is 1.50 bits per heavy atom. The molecule has 3 rings (SSSR count). The highest BCUT2D eigenvalue weighted by atomic mass is 32.2. The molecule has 160 valence electrons. The lowest BCUT2D eigenvalue weighted by Gasteiger charge is -2.35. The van der Waals surface area contributed by atoms with E-state index in [4.69, 9.17) is 0 Å². The average molecular weight is 436 g/mol. The van der Waals surface area contributed by atoms with Crippen molar-refractivity contribution in [2.45, 2.75) is 18.2 Å². The van der Waals surface area contributed by atoms with Crippen molar-refractivity contribution in [1.82, 2.24) is 9.80 Å². The van der Waals surface area contributed by atoms with Crippen LogP contribution in [0.25, 0.3) is 0 Å². The lowest BCUT2D eigenvalue weighted by molar-refractivity contribution is 0.0533. The van der Waals surface area contributed by atoms with Gasteiger partial charge < -0.3 is 9.80 Å². The van der Waals surface area contributed by atoms with Crippen LogP contribution in [0.1, 0.15) is 34.1 Å². The van der Waals surface area contributed by atoms with Crippen LogP contribution in [0.15, 0.2) is 47.4 Å². The molecule has 0 aromatic heterocycles. The molecule has 0 N–H and O–H groups in total. The standard InChI is InChI=1S/C21H22F2N2O4S/c1-2-13-30(28,29)19-6-4-3-5-16(19)21(27)25-11-9-24(10-12-25)20(26)15-7-8-17(22)18(23)14-15/h3-8,14H,2,9-13H2,1H3. The molecule has 0 bridgehead atoms. The zero-order chi connectivity index (χ0) is 21.9. The van der Waals surface area contributed by atoms with Crippen molar-refractivity contribution in [1.29, 1.82) is 0 Å². The summed E-state index contributed by atoms with van der Waals surface area (Å²) in [5, 5.41) is 0. The van der Waals surface area contributed by atoms with E-state index in [-0.39, 0.29) is 48.0 Å². The van der Waals surface area contributed by atoms with Crippen molar-refractivity contribution in [3.63, 3.8) is 0 Å². The summed E-state index contributed by atoms with van der Waals surface area (Å²) in [6.45, 7) is 2.57. The number of amides is 2. The highest BCUT2D eigenvalue weighted by Crippen LogP contribution is 2.21. The summed E-state index contributed by atoms with van der Waals surface area (Å²) in [4.78, 5) is 28.4. The molecule has 2 amide bonds. The lowest BCUT2D eigenvalue weighted by Crippen LogP contribution is -2.50. The minimum atomic E-state index is -3.57. The van der Waals surface area contributed by atoms with Gasteiger partial charge in [0.05, 0.1) is 16.2 Å². The summed E-state index contributed by atoms with van der Waals surface area (Å²) in [6.07, 6.45) is 0.440. The number of carbonyl (C=O) groups excluding carboxylic acids is 2. The van der Waals surface area contributed by atoms with Gasteiger partial charge in [-0.1, -0.05) is 19.1 Å². The summed E-state index contributed by atoms with van der Waals surface area (Å²) in [7, 11) is -3.57. The Labute approximate surface area is 174 Å². The molecule has 0 radical (unpaired) electrons.